The molecule has 0 aromatic heterocycles. The van der Waals surface area contributed by atoms with Crippen LogP contribution in [0.15, 0.2) is 72.8 Å². The van der Waals surface area contributed by atoms with Gasteiger partial charge in [-0.05, 0) is 18.6 Å². The molecule has 7 heteroatoms. The van der Waals surface area contributed by atoms with Crippen molar-refractivity contribution in [3.8, 4) is 0 Å². The highest BCUT2D eigenvalue weighted by molar-refractivity contribution is 6.10. The van der Waals surface area contributed by atoms with Crippen LogP contribution in [0.1, 0.15) is 33.5 Å². The summed E-state index contributed by atoms with van der Waals surface area (Å²) in [5.41, 5.74) is 0.983. The van der Waals surface area contributed by atoms with Crippen molar-refractivity contribution in [1.29, 1.82) is 0 Å². The van der Waals surface area contributed by atoms with Gasteiger partial charge in [0.05, 0.1) is 23.6 Å². The first-order chi connectivity index (χ1) is 14.8. The fourth-order valence-electron chi connectivity index (χ4n) is 3.81. The van der Waals surface area contributed by atoms with E-state index in [1.165, 1.54) is 17.0 Å². The van der Waals surface area contributed by atoms with Gasteiger partial charge in [0.1, 0.15) is 0 Å². The van der Waals surface area contributed by atoms with Gasteiger partial charge in [-0.1, -0.05) is 60.2 Å². The lowest BCUT2D eigenvalue weighted by Gasteiger charge is -2.23. The smallest absolute Gasteiger partial charge is 0.269 e. The lowest BCUT2D eigenvalue weighted by atomic mass is 9.88. The van der Waals surface area contributed by atoms with Crippen molar-refractivity contribution < 1.29 is 19.6 Å². The van der Waals surface area contributed by atoms with Gasteiger partial charge in [-0.25, -0.2) is 0 Å². The molecule has 156 valence electrons. The molecular formula is C24H20N2O5. The van der Waals surface area contributed by atoms with Gasteiger partial charge in [-0.3, -0.25) is 19.7 Å². The van der Waals surface area contributed by atoms with E-state index < -0.39 is 16.4 Å². The molecule has 4 rings (SSSR count). The van der Waals surface area contributed by atoms with Crippen LogP contribution in [0.3, 0.4) is 0 Å². The number of amides is 1. The Morgan fingerprint density at radius 1 is 1.03 bits per heavy atom. The number of para-hydroxylation sites is 1. The normalized spacial score (nSPS) is 17.5. The number of anilines is 1. The number of carbonyl (C=O) groups excluding carboxylic acids is 2. The number of carbonyl (C=O) groups is 2. The van der Waals surface area contributed by atoms with Gasteiger partial charge < -0.3 is 10.0 Å². The second-order valence-corrected chi connectivity index (χ2v) is 7.66. The predicted octanol–water partition coefficient (Wildman–Crippen LogP) is 3.91. The molecular weight excluding hydrogens is 396 g/mol. The SMILES string of the molecule is Cc1ccc(C(=O)C[C@]2(O)C(=O)N(Cc3ccc([N+](=O)[O-])cc3)c3ccccc32)cc1. The number of hydrogen-bond acceptors (Lipinski definition) is 5. The Labute approximate surface area is 178 Å². The van der Waals surface area contributed by atoms with E-state index in [9.17, 15) is 24.8 Å². The molecule has 0 bridgehead atoms. The molecule has 1 heterocycles. The van der Waals surface area contributed by atoms with Gasteiger partial charge in [0.25, 0.3) is 11.6 Å². The van der Waals surface area contributed by atoms with Gasteiger partial charge >= 0.3 is 0 Å². The van der Waals surface area contributed by atoms with Crippen LogP contribution in [0, 0.1) is 17.0 Å². The van der Waals surface area contributed by atoms with E-state index >= 15 is 0 Å². The molecule has 0 spiro atoms. The molecule has 31 heavy (non-hydrogen) atoms. The highest BCUT2D eigenvalue weighted by Crippen LogP contribution is 2.43. The number of rotatable bonds is 6. The minimum absolute atomic E-state index is 0.0444. The highest BCUT2D eigenvalue weighted by Gasteiger charge is 2.50. The second-order valence-electron chi connectivity index (χ2n) is 7.66. The highest BCUT2D eigenvalue weighted by atomic mass is 16.6. The van der Waals surface area contributed by atoms with Crippen molar-refractivity contribution in [3.05, 3.63) is 105 Å². The summed E-state index contributed by atoms with van der Waals surface area (Å²) in [5.74, 6) is -0.921. The summed E-state index contributed by atoms with van der Waals surface area (Å²) in [5, 5.41) is 22.2. The Kier molecular flexibility index (Phi) is 5.12. The number of aryl methyl sites for hydroxylation is 1. The zero-order chi connectivity index (χ0) is 22.2. The number of hydrogen-bond donors (Lipinski definition) is 1. The summed E-state index contributed by atoms with van der Waals surface area (Å²) in [6.07, 6.45) is -0.372. The number of nitrogens with zero attached hydrogens (tertiary/aromatic N) is 2. The van der Waals surface area contributed by atoms with Crippen LogP contribution in [0.25, 0.3) is 0 Å². The average Bonchev–Trinajstić information content (AvgIpc) is 2.96. The minimum atomic E-state index is -1.97. The molecule has 3 aromatic carbocycles. The fourth-order valence-corrected chi connectivity index (χ4v) is 3.81. The third-order valence-electron chi connectivity index (χ3n) is 5.52. The number of ketones is 1. The van der Waals surface area contributed by atoms with Crippen molar-refractivity contribution >= 4 is 23.1 Å². The molecule has 0 saturated carbocycles. The molecule has 3 aromatic rings. The van der Waals surface area contributed by atoms with Crippen LogP contribution in [0.4, 0.5) is 11.4 Å². The summed E-state index contributed by atoms with van der Waals surface area (Å²) in [6, 6.07) is 19.7. The van der Waals surface area contributed by atoms with Gasteiger partial charge in [0.15, 0.2) is 11.4 Å². The third-order valence-corrected chi connectivity index (χ3v) is 5.52. The molecule has 1 N–H and O–H groups in total. The van der Waals surface area contributed by atoms with Gasteiger partial charge in [0.2, 0.25) is 0 Å². The lowest BCUT2D eigenvalue weighted by Crippen LogP contribution is -2.41. The molecule has 0 radical (unpaired) electrons. The Balaban J connectivity index is 1.64. The Hall–Kier alpha value is -3.84. The zero-order valence-corrected chi connectivity index (χ0v) is 16.8. The van der Waals surface area contributed by atoms with E-state index in [-0.39, 0.29) is 24.4 Å². The molecule has 0 fully saturated rings. The van der Waals surface area contributed by atoms with Gasteiger partial charge in [-0.15, -0.1) is 0 Å². The Morgan fingerprint density at radius 3 is 2.32 bits per heavy atom. The molecule has 0 aliphatic carbocycles. The van der Waals surface area contributed by atoms with Gasteiger partial charge in [-0.2, -0.15) is 0 Å². The topological polar surface area (TPSA) is 101 Å². The van der Waals surface area contributed by atoms with E-state index in [2.05, 4.69) is 0 Å². The number of benzene rings is 3. The largest absolute Gasteiger partial charge is 0.375 e. The Bertz CT molecular complexity index is 1170. The zero-order valence-electron chi connectivity index (χ0n) is 16.8. The quantitative estimate of drug-likeness (QED) is 0.373. The number of nitro benzene ring substituents is 1. The monoisotopic (exact) mass is 416 g/mol. The first-order valence-electron chi connectivity index (χ1n) is 9.76. The van der Waals surface area contributed by atoms with Crippen molar-refractivity contribution in [2.75, 3.05) is 4.90 Å². The average molecular weight is 416 g/mol. The molecule has 0 saturated heterocycles. The molecule has 7 nitrogen and oxygen atoms in total. The summed E-state index contributed by atoms with van der Waals surface area (Å²) < 4.78 is 0. The first kappa shape index (κ1) is 20.4. The van der Waals surface area contributed by atoms with Crippen molar-refractivity contribution in [2.45, 2.75) is 25.5 Å². The van der Waals surface area contributed by atoms with Crippen LogP contribution in [-0.2, 0) is 16.9 Å². The van der Waals surface area contributed by atoms with Crippen molar-refractivity contribution in [2.24, 2.45) is 0 Å². The second kappa shape index (κ2) is 7.77. The van der Waals surface area contributed by atoms with Crippen molar-refractivity contribution in [1.82, 2.24) is 0 Å². The maximum Gasteiger partial charge on any atom is 0.269 e. The predicted molar refractivity (Wildman–Crippen MR) is 115 cm³/mol. The number of Topliss-reactive ketones (excluding diaryl/α,β-unsaturated/α-hetero) is 1. The van der Waals surface area contributed by atoms with E-state index in [0.717, 1.165) is 5.56 Å². The number of fused-ring (bicyclic) bond motifs is 1. The standard InChI is InChI=1S/C24H20N2O5/c1-16-6-10-18(11-7-16)22(27)14-24(29)20-4-2-3-5-21(20)25(23(24)28)15-17-8-12-19(13-9-17)26(30)31/h2-13,29H,14-15H2,1H3/t24-/m1/s1. The van der Waals surface area contributed by atoms with E-state index in [1.807, 2.05) is 19.1 Å². The molecule has 1 aliphatic heterocycles. The summed E-state index contributed by atoms with van der Waals surface area (Å²) >= 11 is 0. The maximum absolute atomic E-state index is 13.3. The third kappa shape index (κ3) is 3.71. The van der Waals surface area contributed by atoms with E-state index in [0.29, 0.717) is 22.4 Å². The number of nitro groups is 1. The van der Waals surface area contributed by atoms with E-state index in [1.54, 1.807) is 48.5 Å². The summed E-state index contributed by atoms with van der Waals surface area (Å²) in [4.78, 5) is 37.9. The summed E-state index contributed by atoms with van der Waals surface area (Å²) in [6.45, 7) is 2.03. The van der Waals surface area contributed by atoms with Crippen LogP contribution >= 0.6 is 0 Å². The van der Waals surface area contributed by atoms with Crippen LogP contribution < -0.4 is 4.90 Å². The first-order valence-corrected chi connectivity index (χ1v) is 9.76. The minimum Gasteiger partial charge on any atom is -0.375 e. The molecule has 1 amide bonds. The van der Waals surface area contributed by atoms with Crippen LogP contribution in [0.5, 0.6) is 0 Å². The molecule has 1 atom stereocenters. The fraction of sp³-hybridized carbons (Fsp3) is 0.167. The maximum atomic E-state index is 13.3. The lowest BCUT2D eigenvalue weighted by molar-refractivity contribution is -0.384. The van der Waals surface area contributed by atoms with Crippen LogP contribution in [-0.4, -0.2) is 21.7 Å². The Morgan fingerprint density at radius 2 is 1.68 bits per heavy atom. The van der Waals surface area contributed by atoms with Crippen molar-refractivity contribution in [3.63, 3.8) is 0 Å². The number of aliphatic hydroxyl groups is 1. The molecule has 1 aliphatic rings. The number of non-ortho nitro benzene ring substituents is 1. The molecule has 0 unspecified atom stereocenters. The summed E-state index contributed by atoms with van der Waals surface area (Å²) in [7, 11) is 0. The van der Waals surface area contributed by atoms with Crippen LogP contribution in [0.2, 0.25) is 0 Å². The van der Waals surface area contributed by atoms with Gasteiger partial charge in [0, 0.05) is 23.3 Å². The van der Waals surface area contributed by atoms with E-state index in [4.69, 9.17) is 0 Å².